The summed E-state index contributed by atoms with van der Waals surface area (Å²) in [6.07, 6.45) is 6.89. The molecule has 0 saturated heterocycles. The molecule has 24 heavy (non-hydrogen) atoms. The molecule has 1 aromatic carbocycles. The highest BCUT2D eigenvalue weighted by atomic mass is 16.2. The van der Waals surface area contributed by atoms with Crippen LogP contribution in [0.1, 0.15) is 49.4 Å². The number of carbonyl (C=O) groups excluding carboxylic acids is 2. The highest BCUT2D eigenvalue weighted by Crippen LogP contribution is 2.36. The molecule has 1 heterocycles. The number of rotatable bonds is 3. The second-order valence-corrected chi connectivity index (χ2v) is 6.79. The van der Waals surface area contributed by atoms with Gasteiger partial charge in [0.2, 0.25) is 5.91 Å². The van der Waals surface area contributed by atoms with Gasteiger partial charge in [-0.3, -0.25) is 14.6 Å². The van der Waals surface area contributed by atoms with Crippen molar-refractivity contribution in [2.24, 2.45) is 5.41 Å². The molecule has 0 atom stereocenters. The third-order valence-electron chi connectivity index (χ3n) is 4.94. The van der Waals surface area contributed by atoms with Crippen molar-refractivity contribution in [1.82, 2.24) is 10.3 Å². The molecule has 1 saturated carbocycles. The number of carbonyl (C=O) groups is 2. The van der Waals surface area contributed by atoms with Gasteiger partial charge in [0.25, 0.3) is 5.91 Å². The summed E-state index contributed by atoms with van der Waals surface area (Å²) in [5.41, 5.74) is 1.76. The molecule has 2 N–H and O–H groups in total. The Labute approximate surface area is 141 Å². The fourth-order valence-electron chi connectivity index (χ4n) is 3.31. The third-order valence-corrected chi connectivity index (χ3v) is 4.94. The largest absolute Gasteiger partial charge is 0.355 e. The first-order chi connectivity index (χ1) is 11.5. The number of hydrogen-bond acceptors (Lipinski definition) is 3. The lowest BCUT2D eigenvalue weighted by Crippen LogP contribution is -2.35. The van der Waals surface area contributed by atoms with Gasteiger partial charge in [0, 0.05) is 29.7 Å². The average Bonchev–Trinajstić information content (AvgIpc) is 2.61. The molecule has 5 heteroatoms. The fraction of sp³-hybridized carbons (Fsp3) is 0.421. The normalized spacial score (nSPS) is 16.6. The van der Waals surface area contributed by atoms with E-state index in [1.807, 2.05) is 18.2 Å². The van der Waals surface area contributed by atoms with Crippen LogP contribution in [0.15, 0.2) is 30.5 Å². The lowest BCUT2D eigenvalue weighted by atomic mass is 9.75. The maximum Gasteiger partial charge on any atom is 0.252 e. The van der Waals surface area contributed by atoms with E-state index in [4.69, 9.17) is 0 Å². The van der Waals surface area contributed by atoms with Crippen LogP contribution in [0.3, 0.4) is 0 Å². The zero-order valence-electron chi connectivity index (χ0n) is 14.2. The van der Waals surface area contributed by atoms with E-state index in [0.29, 0.717) is 5.56 Å². The van der Waals surface area contributed by atoms with Crippen LogP contribution in [0, 0.1) is 5.41 Å². The van der Waals surface area contributed by atoms with E-state index in [2.05, 4.69) is 22.5 Å². The maximum absolute atomic E-state index is 12.6. The molecule has 1 fully saturated rings. The van der Waals surface area contributed by atoms with Gasteiger partial charge in [-0.2, -0.15) is 0 Å². The summed E-state index contributed by atoms with van der Waals surface area (Å²) in [5.74, 6) is -0.0736. The quantitative estimate of drug-likeness (QED) is 0.907. The van der Waals surface area contributed by atoms with E-state index < -0.39 is 0 Å². The maximum atomic E-state index is 12.6. The number of hydrogen-bond donors (Lipinski definition) is 2. The predicted octanol–water partition coefficient (Wildman–Crippen LogP) is 3.50. The number of nitrogens with one attached hydrogen (secondary N) is 2. The molecule has 2 amide bonds. The van der Waals surface area contributed by atoms with Crippen LogP contribution in [0.25, 0.3) is 10.9 Å². The fourth-order valence-corrected chi connectivity index (χ4v) is 3.31. The van der Waals surface area contributed by atoms with Gasteiger partial charge in [0.15, 0.2) is 0 Å². The molecular formula is C19H23N3O2. The Bertz CT molecular complexity index is 779. The van der Waals surface area contributed by atoms with Crippen molar-refractivity contribution in [2.45, 2.75) is 39.0 Å². The molecule has 0 unspecified atom stereocenters. The van der Waals surface area contributed by atoms with Crippen molar-refractivity contribution in [3.8, 4) is 0 Å². The number of nitrogens with zero attached hydrogens (tertiary/aromatic N) is 1. The topological polar surface area (TPSA) is 71.1 Å². The number of pyridine rings is 1. The van der Waals surface area contributed by atoms with Gasteiger partial charge in [-0.15, -0.1) is 0 Å². The Morgan fingerprint density at radius 2 is 1.88 bits per heavy atom. The first kappa shape index (κ1) is 16.4. The van der Waals surface area contributed by atoms with E-state index in [9.17, 15) is 9.59 Å². The summed E-state index contributed by atoms with van der Waals surface area (Å²) in [6, 6.07) is 7.40. The summed E-state index contributed by atoms with van der Waals surface area (Å²) in [4.78, 5) is 28.6. The molecule has 0 spiro atoms. The molecule has 3 rings (SSSR count). The minimum Gasteiger partial charge on any atom is -0.355 e. The smallest absolute Gasteiger partial charge is 0.252 e. The summed E-state index contributed by atoms with van der Waals surface area (Å²) in [7, 11) is 1.59. The molecule has 2 aromatic rings. The summed E-state index contributed by atoms with van der Waals surface area (Å²) in [5, 5.41) is 6.50. The van der Waals surface area contributed by atoms with Gasteiger partial charge in [-0.25, -0.2) is 0 Å². The van der Waals surface area contributed by atoms with Crippen molar-refractivity contribution in [3.05, 3.63) is 36.0 Å². The Hall–Kier alpha value is -2.43. The van der Waals surface area contributed by atoms with Crippen LogP contribution in [0.4, 0.5) is 5.69 Å². The summed E-state index contributed by atoms with van der Waals surface area (Å²) >= 11 is 0. The predicted molar refractivity (Wildman–Crippen MR) is 95.0 cm³/mol. The molecule has 5 nitrogen and oxygen atoms in total. The molecule has 0 radical (unpaired) electrons. The van der Waals surface area contributed by atoms with Crippen LogP contribution >= 0.6 is 0 Å². The van der Waals surface area contributed by atoms with E-state index >= 15 is 0 Å². The van der Waals surface area contributed by atoms with Crippen LogP contribution in [0.5, 0.6) is 0 Å². The van der Waals surface area contributed by atoms with Gasteiger partial charge in [-0.05, 0) is 31.0 Å². The Morgan fingerprint density at radius 3 is 2.58 bits per heavy atom. The zero-order chi connectivity index (χ0) is 17.2. The van der Waals surface area contributed by atoms with Crippen LogP contribution in [-0.2, 0) is 4.79 Å². The minimum absolute atomic E-state index is 0.0866. The van der Waals surface area contributed by atoms with Crippen LogP contribution in [0.2, 0.25) is 0 Å². The average molecular weight is 325 g/mol. The van der Waals surface area contributed by atoms with Crippen LogP contribution < -0.4 is 10.6 Å². The van der Waals surface area contributed by atoms with Gasteiger partial charge >= 0.3 is 0 Å². The lowest BCUT2D eigenvalue weighted by molar-refractivity contribution is -0.126. The van der Waals surface area contributed by atoms with Crippen molar-refractivity contribution >= 4 is 28.4 Å². The monoisotopic (exact) mass is 325 g/mol. The van der Waals surface area contributed by atoms with Gasteiger partial charge in [0.1, 0.15) is 0 Å². The molecule has 1 aliphatic carbocycles. The van der Waals surface area contributed by atoms with E-state index in [-0.39, 0.29) is 17.2 Å². The molecule has 1 aromatic heterocycles. The van der Waals surface area contributed by atoms with E-state index in [0.717, 1.165) is 42.3 Å². The Morgan fingerprint density at radius 1 is 1.12 bits per heavy atom. The molecule has 126 valence electrons. The molecule has 0 bridgehead atoms. The standard InChI is InChI=1S/C19H23N3O2/c1-19(8-4-3-5-9-19)18(24)22-15-7-6-13-10-14(17(23)20-2)12-21-16(13)11-15/h6-7,10-12H,3-5,8-9H2,1-2H3,(H,20,23)(H,22,24). The lowest BCUT2D eigenvalue weighted by Gasteiger charge is -2.32. The Balaban J connectivity index is 1.80. The number of anilines is 1. The first-order valence-electron chi connectivity index (χ1n) is 8.45. The second-order valence-electron chi connectivity index (χ2n) is 6.79. The first-order valence-corrected chi connectivity index (χ1v) is 8.45. The number of aromatic nitrogens is 1. The van der Waals surface area contributed by atoms with Crippen molar-refractivity contribution < 1.29 is 9.59 Å². The minimum atomic E-state index is -0.274. The molecule has 0 aliphatic heterocycles. The van der Waals surface area contributed by atoms with Crippen molar-refractivity contribution in [2.75, 3.05) is 12.4 Å². The highest BCUT2D eigenvalue weighted by Gasteiger charge is 2.34. The Kier molecular flexibility index (Phi) is 4.51. The number of fused-ring (bicyclic) bond motifs is 1. The zero-order valence-corrected chi connectivity index (χ0v) is 14.2. The number of benzene rings is 1. The van der Waals surface area contributed by atoms with Crippen molar-refractivity contribution in [1.29, 1.82) is 0 Å². The second kappa shape index (κ2) is 6.59. The van der Waals surface area contributed by atoms with E-state index in [1.54, 1.807) is 19.3 Å². The van der Waals surface area contributed by atoms with E-state index in [1.165, 1.54) is 6.42 Å². The highest BCUT2D eigenvalue weighted by molar-refractivity contribution is 5.99. The third kappa shape index (κ3) is 3.25. The van der Waals surface area contributed by atoms with Gasteiger partial charge in [0.05, 0.1) is 11.1 Å². The molecular weight excluding hydrogens is 302 g/mol. The van der Waals surface area contributed by atoms with Crippen molar-refractivity contribution in [3.63, 3.8) is 0 Å². The SMILES string of the molecule is CNC(=O)c1cnc2cc(NC(=O)C3(C)CCCCC3)ccc2c1. The van der Waals surface area contributed by atoms with Crippen LogP contribution in [-0.4, -0.2) is 23.8 Å². The number of amides is 2. The summed E-state index contributed by atoms with van der Waals surface area (Å²) in [6.45, 7) is 2.05. The van der Waals surface area contributed by atoms with Gasteiger partial charge < -0.3 is 10.6 Å². The summed E-state index contributed by atoms with van der Waals surface area (Å²) < 4.78 is 0. The van der Waals surface area contributed by atoms with Gasteiger partial charge in [-0.1, -0.05) is 32.3 Å². The molecule has 1 aliphatic rings.